The van der Waals surface area contributed by atoms with E-state index in [2.05, 4.69) is 31.1 Å². The highest BCUT2D eigenvalue weighted by atomic mass is 16.5. The van der Waals surface area contributed by atoms with Gasteiger partial charge in [0.05, 0.1) is 13.2 Å². The van der Waals surface area contributed by atoms with Crippen molar-refractivity contribution >= 4 is 5.97 Å². The lowest BCUT2D eigenvalue weighted by atomic mass is 9.96. The van der Waals surface area contributed by atoms with Gasteiger partial charge < -0.3 is 14.4 Å². The molecule has 0 spiro atoms. The number of hydrogen-bond donors (Lipinski definition) is 1. The summed E-state index contributed by atoms with van der Waals surface area (Å²) in [7, 11) is 3.81. The lowest BCUT2D eigenvalue weighted by molar-refractivity contribution is -0.151. The monoisotopic (exact) mass is 286 g/mol. The third kappa shape index (κ3) is 4.43. The van der Waals surface area contributed by atoms with E-state index < -0.39 is 5.54 Å². The number of carbonyl (C=O) groups is 1. The second kappa shape index (κ2) is 7.96. The van der Waals surface area contributed by atoms with Crippen molar-refractivity contribution in [1.29, 1.82) is 0 Å². The maximum Gasteiger partial charge on any atom is 0.326 e. The van der Waals surface area contributed by atoms with E-state index in [-0.39, 0.29) is 12.0 Å². The zero-order valence-corrected chi connectivity index (χ0v) is 13.6. The van der Waals surface area contributed by atoms with Crippen LogP contribution in [-0.2, 0) is 14.3 Å². The van der Waals surface area contributed by atoms with E-state index in [1.807, 2.05) is 6.92 Å². The fourth-order valence-electron chi connectivity index (χ4n) is 3.01. The highest BCUT2D eigenvalue weighted by molar-refractivity contribution is 5.81. The molecule has 1 N–H and O–H groups in total. The van der Waals surface area contributed by atoms with Crippen LogP contribution in [0.1, 0.15) is 40.0 Å². The molecule has 0 amide bonds. The Balaban J connectivity index is 2.70. The molecule has 20 heavy (non-hydrogen) atoms. The molecule has 2 unspecified atom stereocenters. The summed E-state index contributed by atoms with van der Waals surface area (Å²) < 4.78 is 10.4. The SMILES string of the molecule is CCOC(=O)C1(NC(C)C)CCC(N(C)CCOC)C1. The summed E-state index contributed by atoms with van der Waals surface area (Å²) in [6.45, 7) is 8.05. The molecule has 2 atom stereocenters. The van der Waals surface area contributed by atoms with Crippen LogP contribution >= 0.6 is 0 Å². The van der Waals surface area contributed by atoms with Gasteiger partial charge in [0.2, 0.25) is 0 Å². The maximum atomic E-state index is 12.4. The summed E-state index contributed by atoms with van der Waals surface area (Å²) in [5.41, 5.74) is -0.518. The van der Waals surface area contributed by atoms with Crippen molar-refractivity contribution in [2.24, 2.45) is 0 Å². The minimum atomic E-state index is -0.518. The van der Waals surface area contributed by atoms with Crippen LogP contribution in [0.4, 0.5) is 0 Å². The first-order valence-corrected chi connectivity index (χ1v) is 7.59. The Labute approximate surface area is 123 Å². The van der Waals surface area contributed by atoms with Gasteiger partial charge in [-0.15, -0.1) is 0 Å². The van der Waals surface area contributed by atoms with Gasteiger partial charge in [-0.05, 0) is 47.1 Å². The average Bonchev–Trinajstić information content (AvgIpc) is 2.81. The summed E-state index contributed by atoms with van der Waals surface area (Å²) in [5.74, 6) is -0.101. The van der Waals surface area contributed by atoms with E-state index >= 15 is 0 Å². The highest BCUT2D eigenvalue weighted by Gasteiger charge is 2.47. The van der Waals surface area contributed by atoms with Gasteiger partial charge in [-0.25, -0.2) is 0 Å². The predicted octanol–water partition coefficient (Wildman–Crippen LogP) is 1.42. The van der Waals surface area contributed by atoms with E-state index in [4.69, 9.17) is 9.47 Å². The molecule has 1 saturated carbocycles. The molecule has 0 heterocycles. The van der Waals surface area contributed by atoms with Gasteiger partial charge in [0, 0.05) is 25.7 Å². The van der Waals surface area contributed by atoms with Crippen molar-refractivity contribution in [2.75, 3.05) is 33.9 Å². The van der Waals surface area contributed by atoms with Gasteiger partial charge in [-0.1, -0.05) is 0 Å². The number of ether oxygens (including phenoxy) is 2. The first-order valence-electron chi connectivity index (χ1n) is 7.59. The Bertz CT molecular complexity index is 309. The number of nitrogens with one attached hydrogen (secondary N) is 1. The van der Waals surface area contributed by atoms with Gasteiger partial charge in [-0.3, -0.25) is 10.1 Å². The van der Waals surface area contributed by atoms with E-state index in [1.165, 1.54) is 0 Å². The molecule has 1 aliphatic rings. The lowest BCUT2D eigenvalue weighted by Crippen LogP contribution is -2.54. The topological polar surface area (TPSA) is 50.8 Å². The number of hydrogen-bond acceptors (Lipinski definition) is 5. The summed E-state index contributed by atoms with van der Waals surface area (Å²) >= 11 is 0. The molecule has 0 aliphatic heterocycles. The third-order valence-electron chi connectivity index (χ3n) is 3.99. The molecule has 118 valence electrons. The van der Waals surface area contributed by atoms with Crippen molar-refractivity contribution in [1.82, 2.24) is 10.2 Å². The molecule has 1 fully saturated rings. The van der Waals surface area contributed by atoms with Crippen molar-refractivity contribution in [3.05, 3.63) is 0 Å². The Hall–Kier alpha value is -0.650. The molecular weight excluding hydrogens is 256 g/mol. The zero-order valence-electron chi connectivity index (χ0n) is 13.6. The van der Waals surface area contributed by atoms with Gasteiger partial charge in [-0.2, -0.15) is 0 Å². The first-order chi connectivity index (χ1) is 9.45. The van der Waals surface area contributed by atoms with Crippen LogP contribution in [-0.4, -0.2) is 62.4 Å². The minimum Gasteiger partial charge on any atom is -0.465 e. The Kier molecular flexibility index (Phi) is 6.92. The molecular formula is C15H30N2O3. The Morgan fingerprint density at radius 3 is 2.75 bits per heavy atom. The fraction of sp³-hybridized carbons (Fsp3) is 0.933. The van der Waals surface area contributed by atoms with Gasteiger partial charge in [0.15, 0.2) is 0 Å². The quantitative estimate of drug-likeness (QED) is 0.684. The van der Waals surface area contributed by atoms with Crippen LogP contribution in [0.3, 0.4) is 0 Å². The Morgan fingerprint density at radius 2 is 2.20 bits per heavy atom. The number of rotatable bonds is 8. The van der Waals surface area contributed by atoms with Crippen molar-refractivity contribution in [2.45, 2.75) is 57.7 Å². The molecule has 5 heteroatoms. The van der Waals surface area contributed by atoms with Gasteiger partial charge in [0.25, 0.3) is 0 Å². The average molecular weight is 286 g/mol. The zero-order chi connectivity index (χ0) is 15.2. The fourth-order valence-corrected chi connectivity index (χ4v) is 3.01. The molecule has 1 rings (SSSR count). The smallest absolute Gasteiger partial charge is 0.326 e. The maximum absolute atomic E-state index is 12.4. The standard InChI is InChI=1S/C15H30N2O3/c1-6-20-14(18)15(16-12(2)3)8-7-13(11-15)17(4)9-10-19-5/h12-13,16H,6-11H2,1-5H3. The second-order valence-electron chi connectivity index (χ2n) is 5.97. The van der Waals surface area contributed by atoms with Crippen LogP contribution in [0.5, 0.6) is 0 Å². The number of carbonyl (C=O) groups excluding carboxylic acids is 1. The first kappa shape index (κ1) is 17.4. The number of likely N-dealkylation sites (N-methyl/N-ethyl adjacent to an activating group) is 1. The molecule has 1 aliphatic carbocycles. The second-order valence-corrected chi connectivity index (χ2v) is 5.97. The minimum absolute atomic E-state index is 0.101. The van der Waals surface area contributed by atoms with Crippen LogP contribution in [0.2, 0.25) is 0 Å². The molecule has 0 aromatic heterocycles. The van der Waals surface area contributed by atoms with E-state index in [0.29, 0.717) is 12.6 Å². The summed E-state index contributed by atoms with van der Waals surface area (Å²) in [6.07, 6.45) is 2.66. The third-order valence-corrected chi connectivity index (χ3v) is 3.99. The largest absolute Gasteiger partial charge is 0.465 e. The summed E-state index contributed by atoms with van der Waals surface area (Å²) in [5, 5.41) is 3.45. The number of esters is 1. The van der Waals surface area contributed by atoms with Crippen molar-refractivity contribution in [3.8, 4) is 0 Å². The molecule has 0 aromatic rings. The van der Waals surface area contributed by atoms with Gasteiger partial charge in [0.1, 0.15) is 5.54 Å². The van der Waals surface area contributed by atoms with Crippen LogP contribution in [0.25, 0.3) is 0 Å². The van der Waals surface area contributed by atoms with E-state index in [9.17, 15) is 4.79 Å². The normalized spacial score (nSPS) is 26.4. The summed E-state index contributed by atoms with van der Waals surface area (Å²) in [4.78, 5) is 14.6. The number of methoxy groups -OCH3 is 1. The van der Waals surface area contributed by atoms with Gasteiger partial charge >= 0.3 is 5.97 Å². The van der Waals surface area contributed by atoms with Crippen LogP contribution in [0.15, 0.2) is 0 Å². The van der Waals surface area contributed by atoms with Crippen molar-refractivity contribution in [3.63, 3.8) is 0 Å². The van der Waals surface area contributed by atoms with Crippen molar-refractivity contribution < 1.29 is 14.3 Å². The van der Waals surface area contributed by atoms with Crippen LogP contribution < -0.4 is 5.32 Å². The predicted molar refractivity (Wildman–Crippen MR) is 79.8 cm³/mol. The molecule has 0 bridgehead atoms. The van der Waals surface area contributed by atoms with E-state index in [0.717, 1.165) is 32.4 Å². The Morgan fingerprint density at radius 1 is 1.50 bits per heavy atom. The number of nitrogens with zero attached hydrogens (tertiary/aromatic N) is 1. The molecule has 5 nitrogen and oxygen atoms in total. The summed E-state index contributed by atoms with van der Waals surface area (Å²) in [6, 6.07) is 0.670. The molecule has 0 radical (unpaired) electrons. The van der Waals surface area contributed by atoms with Crippen LogP contribution in [0, 0.1) is 0 Å². The lowest BCUT2D eigenvalue weighted by Gasteiger charge is -2.32. The molecule has 0 aromatic carbocycles. The van der Waals surface area contributed by atoms with E-state index in [1.54, 1.807) is 7.11 Å². The molecule has 0 saturated heterocycles. The highest BCUT2D eigenvalue weighted by Crippen LogP contribution is 2.34.